The van der Waals surface area contributed by atoms with Gasteiger partial charge >= 0.3 is 0 Å². The molecule has 0 aromatic heterocycles. The Labute approximate surface area is 126 Å². The highest BCUT2D eigenvalue weighted by molar-refractivity contribution is 4.86. The van der Waals surface area contributed by atoms with Crippen LogP contribution in [-0.4, -0.2) is 49.1 Å². The molecule has 2 nitrogen and oxygen atoms in total. The van der Waals surface area contributed by atoms with Crippen molar-refractivity contribution in [2.24, 2.45) is 11.8 Å². The molecule has 2 aliphatic rings. The molecule has 1 saturated heterocycles. The minimum atomic E-state index is 1.06. The lowest BCUT2D eigenvalue weighted by molar-refractivity contribution is 0.288. The molecule has 1 saturated carbocycles. The molecule has 118 valence electrons. The van der Waals surface area contributed by atoms with E-state index in [0.29, 0.717) is 0 Å². The minimum absolute atomic E-state index is 1.06. The van der Waals surface area contributed by atoms with Crippen molar-refractivity contribution < 1.29 is 0 Å². The van der Waals surface area contributed by atoms with Crippen LogP contribution < -0.4 is 0 Å². The summed E-state index contributed by atoms with van der Waals surface area (Å²) in [6.45, 7) is 12.5. The third kappa shape index (κ3) is 5.04. The summed E-state index contributed by atoms with van der Waals surface area (Å²) >= 11 is 0. The van der Waals surface area contributed by atoms with Gasteiger partial charge in [-0.3, -0.25) is 0 Å². The predicted molar refractivity (Wildman–Crippen MR) is 88.1 cm³/mol. The molecule has 0 unspecified atom stereocenters. The zero-order valence-corrected chi connectivity index (χ0v) is 13.9. The lowest BCUT2D eigenvalue weighted by atomic mass is 9.82. The average Bonchev–Trinajstić information content (AvgIpc) is 2.89. The molecule has 2 rings (SSSR count). The average molecular weight is 280 g/mol. The molecule has 0 aromatic carbocycles. The van der Waals surface area contributed by atoms with Crippen LogP contribution in [0.4, 0.5) is 0 Å². The Morgan fingerprint density at radius 3 is 2.05 bits per heavy atom. The lowest BCUT2D eigenvalue weighted by Crippen LogP contribution is -2.24. The Balaban J connectivity index is 1.47. The molecule has 0 spiro atoms. The van der Waals surface area contributed by atoms with E-state index in [1.807, 2.05) is 0 Å². The monoisotopic (exact) mass is 280 g/mol. The first kappa shape index (κ1) is 16.3. The number of unbranched alkanes of at least 4 members (excludes halogenated alkanes) is 3. The van der Waals surface area contributed by atoms with E-state index in [0.717, 1.165) is 11.8 Å². The number of nitrogens with zero attached hydrogens (tertiary/aromatic N) is 2. The van der Waals surface area contributed by atoms with Crippen molar-refractivity contribution in [3.8, 4) is 0 Å². The normalized spacial score (nSPS) is 27.1. The largest absolute Gasteiger partial charge is 0.304 e. The first-order valence-electron chi connectivity index (χ1n) is 9.28. The summed E-state index contributed by atoms with van der Waals surface area (Å²) in [4.78, 5) is 5.32. The highest BCUT2D eigenvalue weighted by Gasteiger charge is 2.33. The van der Waals surface area contributed by atoms with Crippen molar-refractivity contribution >= 4 is 0 Å². The van der Waals surface area contributed by atoms with Gasteiger partial charge in [-0.1, -0.05) is 39.5 Å². The molecule has 0 radical (unpaired) electrons. The van der Waals surface area contributed by atoms with Gasteiger partial charge in [-0.05, 0) is 63.7 Å². The van der Waals surface area contributed by atoms with Gasteiger partial charge in [0.2, 0.25) is 0 Å². The van der Waals surface area contributed by atoms with Gasteiger partial charge in [-0.2, -0.15) is 0 Å². The molecule has 2 atom stereocenters. The molecular weight excluding hydrogens is 244 g/mol. The van der Waals surface area contributed by atoms with Gasteiger partial charge < -0.3 is 9.80 Å². The van der Waals surface area contributed by atoms with Gasteiger partial charge in [0.25, 0.3) is 0 Å². The van der Waals surface area contributed by atoms with Gasteiger partial charge in [0, 0.05) is 13.1 Å². The van der Waals surface area contributed by atoms with E-state index in [1.165, 1.54) is 90.6 Å². The lowest BCUT2D eigenvalue weighted by Gasteiger charge is -2.23. The van der Waals surface area contributed by atoms with Crippen molar-refractivity contribution in [1.82, 2.24) is 9.80 Å². The van der Waals surface area contributed by atoms with Crippen molar-refractivity contribution in [2.45, 2.75) is 65.2 Å². The summed E-state index contributed by atoms with van der Waals surface area (Å²) < 4.78 is 0. The molecule has 1 heterocycles. The fraction of sp³-hybridized carbons (Fsp3) is 1.00. The van der Waals surface area contributed by atoms with Crippen LogP contribution in [0.1, 0.15) is 65.2 Å². The maximum atomic E-state index is 2.77. The minimum Gasteiger partial charge on any atom is -0.304 e. The first-order valence-corrected chi connectivity index (χ1v) is 9.28. The van der Waals surface area contributed by atoms with E-state index in [-0.39, 0.29) is 0 Å². The molecular formula is C18H36N2. The Morgan fingerprint density at radius 2 is 1.45 bits per heavy atom. The van der Waals surface area contributed by atoms with Gasteiger partial charge in [-0.25, -0.2) is 0 Å². The maximum Gasteiger partial charge on any atom is 0.00129 e. The topological polar surface area (TPSA) is 6.48 Å². The Bertz CT molecular complexity index is 236. The molecule has 20 heavy (non-hydrogen) atoms. The van der Waals surface area contributed by atoms with Gasteiger partial charge in [0.1, 0.15) is 0 Å². The summed E-state index contributed by atoms with van der Waals surface area (Å²) in [6.07, 6.45) is 11.7. The predicted octanol–water partition coefficient (Wildman–Crippen LogP) is 4.01. The standard InChI is InChI=1S/C18H36N2/c1-3-19(4-2)13-9-5-6-10-14-20-15-17-11-7-8-12-18(17)16-20/h17-18H,3-16H2,1-2H3/t17-,18+. The van der Waals surface area contributed by atoms with Crippen LogP contribution in [0, 0.1) is 11.8 Å². The molecule has 0 aromatic rings. The van der Waals surface area contributed by atoms with Crippen LogP contribution in [0.15, 0.2) is 0 Å². The highest BCUT2D eigenvalue weighted by Crippen LogP contribution is 2.35. The first-order chi connectivity index (χ1) is 9.83. The quantitative estimate of drug-likeness (QED) is 0.589. The second kappa shape index (κ2) is 9.04. The number of rotatable bonds is 9. The van der Waals surface area contributed by atoms with Crippen LogP contribution in [0.5, 0.6) is 0 Å². The van der Waals surface area contributed by atoms with Gasteiger partial charge in [0.15, 0.2) is 0 Å². The zero-order chi connectivity index (χ0) is 14.2. The van der Waals surface area contributed by atoms with Crippen LogP contribution in [0.3, 0.4) is 0 Å². The summed E-state index contributed by atoms with van der Waals surface area (Å²) in [5, 5.41) is 0. The number of hydrogen-bond acceptors (Lipinski definition) is 2. The van der Waals surface area contributed by atoms with Crippen molar-refractivity contribution in [3.63, 3.8) is 0 Å². The van der Waals surface area contributed by atoms with Crippen LogP contribution in [0.25, 0.3) is 0 Å². The maximum absolute atomic E-state index is 2.77. The molecule has 2 heteroatoms. The van der Waals surface area contributed by atoms with Crippen molar-refractivity contribution in [3.05, 3.63) is 0 Å². The third-order valence-electron chi connectivity index (χ3n) is 5.65. The summed E-state index contributed by atoms with van der Waals surface area (Å²) in [6, 6.07) is 0. The Morgan fingerprint density at radius 1 is 0.850 bits per heavy atom. The summed E-state index contributed by atoms with van der Waals surface area (Å²) in [5.41, 5.74) is 0. The van der Waals surface area contributed by atoms with E-state index < -0.39 is 0 Å². The summed E-state index contributed by atoms with van der Waals surface area (Å²) in [7, 11) is 0. The van der Waals surface area contributed by atoms with Gasteiger partial charge in [0.05, 0.1) is 0 Å². The van der Waals surface area contributed by atoms with Crippen molar-refractivity contribution in [1.29, 1.82) is 0 Å². The smallest absolute Gasteiger partial charge is 0.00129 e. The fourth-order valence-corrected chi connectivity index (χ4v) is 4.25. The highest BCUT2D eigenvalue weighted by atomic mass is 15.2. The second-order valence-corrected chi connectivity index (χ2v) is 7.01. The SMILES string of the molecule is CCN(CC)CCCCCCN1C[C@H]2CCCC[C@H]2C1. The zero-order valence-electron chi connectivity index (χ0n) is 13.9. The van der Waals surface area contributed by atoms with E-state index in [1.54, 1.807) is 0 Å². The molecule has 0 N–H and O–H groups in total. The second-order valence-electron chi connectivity index (χ2n) is 7.01. The van der Waals surface area contributed by atoms with Gasteiger partial charge in [-0.15, -0.1) is 0 Å². The molecule has 2 fully saturated rings. The number of likely N-dealkylation sites (tertiary alicyclic amines) is 1. The fourth-order valence-electron chi connectivity index (χ4n) is 4.25. The van der Waals surface area contributed by atoms with E-state index in [4.69, 9.17) is 0 Å². The third-order valence-corrected chi connectivity index (χ3v) is 5.65. The Kier molecular flexibility index (Phi) is 7.37. The van der Waals surface area contributed by atoms with Crippen LogP contribution in [-0.2, 0) is 0 Å². The molecule has 0 amide bonds. The van der Waals surface area contributed by atoms with E-state index in [2.05, 4.69) is 23.6 Å². The van der Waals surface area contributed by atoms with E-state index >= 15 is 0 Å². The molecule has 1 aliphatic carbocycles. The Hall–Kier alpha value is -0.0800. The summed E-state index contributed by atoms with van der Waals surface area (Å²) in [5.74, 6) is 2.12. The number of fused-ring (bicyclic) bond motifs is 1. The molecule has 1 aliphatic heterocycles. The van der Waals surface area contributed by atoms with E-state index in [9.17, 15) is 0 Å². The van der Waals surface area contributed by atoms with Crippen molar-refractivity contribution in [2.75, 3.05) is 39.3 Å². The number of hydrogen-bond donors (Lipinski definition) is 0. The van der Waals surface area contributed by atoms with Crippen LogP contribution >= 0.6 is 0 Å². The molecule has 0 bridgehead atoms. The van der Waals surface area contributed by atoms with Crippen LogP contribution in [0.2, 0.25) is 0 Å².